The Morgan fingerprint density at radius 3 is 2.00 bits per heavy atom. The molecule has 0 radical (unpaired) electrons. The molecule has 0 aliphatic heterocycles. The number of amides is 1. The highest BCUT2D eigenvalue weighted by Crippen LogP contribution is 2.36. The van der Waals surface area contributed by atoms with Crippen molar-refractivity contribution in [2.75, 3.05) is 20.8 Å². The van der Waals surface area contributed by atoms with E-state index < -0.39 is 20.0 Å². The standard InChI is InChI=1S/C18H37NO5Si/c1-17(2,3)24-16(21)19(7)14(11-12-15(20)22-8)13-23-25(9,10)18(4,5)6/h14H,11-13H2,1-10H3/t14-/m0/s1. The van der Waals surface area contributed by atoms with Gasteiger partial charge in [-0.2, -0.15) is 0 Å². The first kappa shape index (κ1) is 23.9. The third-order valence-electron chi connectivity index (χ3n) is 4.58. The number of rotatable bonds is 7. The van der Waals surface area contributed by atoms with Crippen LogP contribution in [0.4, 0.5) is 4.79 Å². The number of hydrogen-bond donors (Lipinski definition) is 0. The number of methoxy groups -OCH3 is 1. The molecule has 0 aromatic heterocycles. The van der Waals surface area contributed by atoms with Crippen LogP contribution in [0.5, 0.6) is 0 Å². The number of carbonyl (C=O) groups excluding carboxylic acids is 2. The normalized spacial score (nSPS) is 14.0. The second-order valence-electron chi connectivity index (χ2n) is 8.93. The molecular formula is C18H37NO5Si. The lowest BCUT2D eigenvalue weighted by molar-refractivity contribution is -0.141. The molecule has 0 aromatic rings. The molecule has 0 saturated heterocycles. The third-order valence-corrected chi connectivity index (χ3v) is 9.08. The molecule has 0 aliphatic rings. The topological polar surface area (TPSA) is 65.1 Å². The van der Waals surface area contributed by atoms with E-state index in [-0.39, 0.29) is 23.5 Å². The van der Waals surface area contributed by atoms with Gasteiger partial charge in [0.2, 0.25) is 0 Å². The number of carbonyl (C=O) groups is 2. The molecule has 1 atom stereocenters. The smallest absolute Gasteiger partial charge is 0.410 e. The quantitative estimate of drug-likeness (QED) is 0.493. The van der Waals surface area contributed by atoms with Crippen molar-refractivity contribution in [3.63, 3.8) is 0 Å². The van der Waals surface area contributed by atoms with Crippen molar-refractivity contribution < 1.29 is 23.5 Å². The van der Waals surface area contributed by atoms with Crippen molar-refractivity contribution in [3.05, 3.63) is 0 Å². The van der Waals surface area contributed by atoms with Gasteiger partial charge in [0.15, 0.2) is 8.32 Å². The van der Waals surface area contributed by atoms with Crippen molar-refractivity contribution in [1.82, 2.24) is 4.90 Å². The van der Waals surface area contributed by atoms with Crippen molar-refractivity contribution in [1.29, 1.82) is 0 Å². The van der Waals surface area contributed by atoms with Crippen molar-refractivity contribution in [2.24, 2.45) is 0 Å². The molecule has 6 nitrogen and oxygen atoms in total. The monoisotopic (exact) mass is 375 g/mol. The summed E-state index contributed by atoms with van der Waals surface area (Å²) < 4.78 is 16.4. The molecule has 0 rings (SSSR count). The van der Waals surface area contributed by atoms with E-state index in [0.29, 0.717) is 13.0 Å². The number of likely N-dealkylation sites (N-methyl/N-ethyl adjacent to an activating group) is 1. The number of hydrogen-bond acceptors (Lipinski definition) is 5. The molecule has 148 valence electrons. The van der Waals surface area contributed by atoms with Crippen LogP contribution in [0.25, 0.3) is 0 Å². The van der Waals surface area contributed by atoms with E-state index in [0.717, 1.165) is 0 Å². The summed E-state index contributed by atoms with van der Waals surface area (Å²) in [6.07, 6.45) is 0.285. The number of esters is 1. The second kappa shape index (κ2) is 9.03. The molecule has 0 saturated carbocycles. The fourth-order valence-corrected chi connectivity index (χ4v) is 2.82. The highest BCUT2D eigenvalue weighted by atomic mass is 28.4. The molecule has 0 bridgehead atoms. The predicted octanol–water partition coefficient (Wildman–Crippen LogP) is 4.20. The van der Waals surface area contributed by atoms with E-state index in [1.165, 1.54) is 12.0 Å². The van der Waals surface area contributed by atoms with E-state index in [2.05, 4.69) is 33.9 Å². The predicted molar refractivity (Wildman–Crippen MR) is 102 cm³/mol. The molecule has 25 heavy (non-hydrogen) atoms. The summed E-state index contributed by atoms with van der Waals surface area (Å²) in [5.74, 6) is -0.296. The maximum absolute atomic E-state index is 12.4. The first-order chi connectivity index (χ1) is 11.1. The summed E-state index contributed by atoms with van der Waals surface area (Å²) in [5, 5.41) is 0.0738. The van der Waals surface area contributed by atoms with Gasteiger partial charge in [0.25, 0.3) is 0 Å². The zero-order chi connectivity index (χ0) is 20.1. The van der Waals surface area contributed by atoms with E-state index in [1.807, 2.05) is 20.8 Å². The van der Waals surface area contributed by atoms with Gasteiger partial charge in [0.05, 0.1) is 19.8 Å². The minimum atomic E-state index is -1.95. The highest BCUT2D eigenvalue weighted by molar-refractivity contribution is 6.74. The van der Waals surface area contributed by atoms with Crippen LogP contribution in [-0.4, -0.2) is 57.7 Å². The Hall–Kier alpha value is -1.08. The SMILES string of the molecule is COC(=O)CC[C@@H](CO[Si](C)(C)C(C)(C)C)N(C)C(=O)OC(C)(C)C. The van der Waals surface area contributed by atoms with E-state index >= 15 is 0 Å². The molecule has 0 fully saturated rings. The average Bonchev–Trinajstić information content (AvgIpc) is 2.43. The lowest BCUT2D eigenvalue weighted by Crippen LogP contribution is -2.48. The van der Waals surface area contributed by atoms with Gasteiger partial charge in [-0.05, 0) is 45.3 Å². The van der Waals surface area contributed by atoms with Crippen LogP contribution >= 0.6 is 0 Å². The lowest BCUT2D eigenvalue weighted by atomic mass is 10.1. The summed E-state index contributed by atoms with van der Waals surface area (Å²) in [6, 6.07) is -0.247. The molecule has 0 N–H and O–H groups in total. The van der Waals surface area contributed by atoms with Gasteiger partial charge in [-0.1, -0.05) is 20.8 Å². The fraction of sp³-hybridized carbons (Fsp3) is 0.889. The molecular weight excluding hydrogens is 338 g/mol. The zero-order valence-corrected chi connectivity index (χ0v) is 18.7. The molecule has 0 aliphatic carbocycles. The first-order valence-electron chi connectivity index (χ1n) is 8.77. The third kappa shape index (κ3) is 8.72. The van der Waals surface area contributed by atoms with Crippen LogP contribution in [0.3, 0.4) is 0 Å². The zero-order valence-electron chi connectivity index (χ0n) is 17.7. The number of nitrogens with zero attached hydrogens (tertiary/aromatic N) is 1. The van der Waals surface area contributed by atoms with Gasteiger partial charge in [-0.15, -0.1) is 0 Å². The van der Waals surface area contributed by atoms with Gasteiger partial charge in [-0.25, -0.2) is 4.79 Å². The molecule has 0 heterocycles. The van der Waals surface area contributed by atoms with Crippen molar-refractivity contribution in [2.45, 2.75) is 84.2 Å². The maximum atomic E-state index is 12.4. The minimum Gasteiger partial charge on any atom is -0.469 e. The van der Waals surface area contributed by atoms with Crippen LogP contribution in [0.2, 0.25) is 18.1 Å². The molecule has 0 aromatic carbocycles. The maximum Gasteiger partial charge on any atom is 0.410 e. The summed E-state index contributed by atoms with van der Waals surface area (Å²) in [4.78, 5) is 25.4. The summed E-state index contributed by atoms with van der Waals surface area (Å²) >= 11 is 0. The largest absolute Gasteiger partial charge is 0.469 e. The molecule has 0 unspecified atom stereocenters. The van der Waals surface area contributed by atoms with E-state index in [1.54, 1.807) is 7.05 Å². The fourth-order valence-electron chi connectivity index (χ4n) is 1.78. The molecule has 1 amide bonds. The Morgan fingerprint density at radius 2 is 1.60 bits per heavy atom. The Labute approximate surface area is 154 Å². The van der Waals surface area contributed by atoms with Crippen LogP contribution < -0.4 is 0 Å². The highest BCUT2D eigenvalue weighted by Gasteiger charge is 2.38. The molecule has 0 spiro atoms. The Balaban J connectivity index is 5.09. The van der Waals surface area contributed by atoms with Crippen molar-refractivity contribution >= 4 is 20.4 Å². The average molecular weight is 376 g/mol. The van der Waals surface area contributed by atoms with Gasteiger partial charge in [0.1, 0.15) is 5.60 Å². The van der Waals surface area contributed by atoms with E-state index in [4.69, 9.17) is 13.9 Å². The number of ether oxygens (including phenoxy) is 2. The van der Waals surface area contributed by atoms with Crippen LogP contribution in [0, 0.1) is 0 Å². The van der Waals surface area contributed by atoms with Crippen LogP contribution in [-0.2, 0) is 18.7 Å². The summed E-state index contributed by atoms with van der Waals surface area (Å²) in [7, 11) is 1.09. The van der Waals surface area contributed by atoms with Crippen molar-refractivity contribution in [3.8, 4) is 0 Å². The second-order valence-corrected chi connectivity index (χ2v) is 13.7. The Kier molecular flexibility index (Phi) is 8.64. The Bertz CT molecular complexity index is 451. The Morgan fingerprint density at radius 1 is 1.08 bits per heavy atom. The summed E-state index contributed by atoms with van der Waals surface area (Å²) in [6.45, 7) is 16.7. The van der Waals surface area contributed by atoms with E-state index in [9.17, 15) is 9.59 Å². The summed E-state index contributed by atoms with van der Waals surface area (Å²) in [5.41, 5.74) is -0.571. The molecule has 7 heteroatoms. The van der Waals surface area contributed by atoms with Gasteiger partial charge >= 0.3 is 12.1 Å². The first-order valence-corrected chi connectivity index (χ1v) is 11.7. The van der Waals surface area contributed by atoms with Gasteiger partial charge in [0, 0.05) is 13.5 Å². The van der Waals surface area contributed by atoms with Crippen LogP contribution in [0.1, 0.15) is 54.4 Å². The van der Waals surface area contributed by atoms with Gasteiger partial charge in [-0.3, -0.25) is 4.79 Å². The van der Waals surface area contributed by atoms with Crippen LogP contribution in [0.15, 0.2) is 0 Å². The lowest BCUT2D eigenvalue weighted by Gasteiger charge is -2.38. The minimum absolute atomic E-state index is 0.0738. The van der Waals surface area contributed by atoms with Gasteiger partial charge < -0.3 is 18.8 Å².